The van der Waals surface area contributed by atoms with Crippen molar-refractivity contribution in [2.24, 2.45) is 0 Å². The normalized spacial score (nSPS) is 16.1. The number of aromatic nitrogens is 2. The second-order valence-electron chi connectivity index (χ2n) is 7.73. The number of nitrogens with one attached hydrogen (secondary N) is 1. The van der Waals surface area contributed by atoms with E-state index in [0.29, 0.717) is 42.9 Å². The molecule has 0 aliphatic carbocycles. The average Bonchev–Trinajstić information content (AvgIpc) is 3.15. The van der Waals surface area contributed by atoms with Gasteiger partial charge in [0.1, 0.15) is 5.56 Å². The summed E-state index contributed by atoms with van der Waals surface area (Å²) in [6.45, 7) is 7.05. The van der Waals surface area contributed by atoms with Crippen molar-refractivity contribution in [3.63, 3.8) is 0 Å². The van der Waals surface area contributed by atoms with Gasteiger partial charge in [-0.3, -0.25) is 9.59 Å². The van der Waals surface area contributed by atoms with E-state index in [-0.39, 0.29) is 17.9 Å². The first kappa shape index (κ1) is 22.5. The van der Waals surface area contributed by atoms with Crippen molar-refractivity contribution in [1.29, 1.82) is 0 Å². The maximum absolute atomic E-state index is 13.0. The Morgan fingerprint density at radius 2 is 1.94 bits per heavy atom. The van der Waals surface area contributed by atoms with Gasteiger partial charge in [-0.05, 0) is 57.4 Å². The van der Waals surface area contributed by atoms with Crippen molar-refractivity contribution in [1.82, 2.24) is 20.0 Å². The minimum absolute atomic E-state index is 0.00375. The summed E-state index contributed by atoms with van der Waals surface area (Å²) in [7, 11) is 0. The third kappa shape index (κ3) is 5.31. The fraction of sp³-hybridized carbons (Fsp3) is 0.478. The summed E-state index contributed by atoms with van der Waals surface area (Å²) in [4.78, 5) is 38.7. The van der Waals surface area contributed by atoms with Gasteiger partial charge in [-0.15, -0.1) is 0 Å². The number of hydrogen-bond donors (Lipinski definition) is 1. The van der Waals surface area contributed by atoms with Gasteiger partial charge in [0.25, 0.3) is 5.91 Å². The molecule has 8 heteroatoms. The molecule has 2 amide bonds. The van der Waals surface area contributed by atoms with Gasteiger partial charge in [-0.1, -0.05) is 6.92 Å². The number of piperidine rings is 1. The molecule has 31 heavy (non-hydrogen) atoms. The van der Waals surface area contributed by atoms with E-state index in [2.05, 4.69) is 10.4 Å². The van der Waals surface area contributed by atoms with Crippen molar-refractivity contribution >= 4 is 17.8 Å². The van der Waals surface area contributed by atoms with Crippen LogP contribution in [0, 0.1) is 6.92 Å². The third-order valence-corrected chi connectivity index (χ3v) is 5.41. The topological polar surface area (TPSA) is 93.5 Å². The predicted octanol–water partition coefficient (Wildman–Crippen LogP) is 2.88. The highest BCUT2D eigenvalue weighted by molar-refractivity contribution is 5.94. The molecule has 1 aromatic heterocycles. The molecule has 1 atom stereocenters. The zero-order valence-electron chi connectivity index (χ0n) is 18.4. The Kier molecular flexibility index (Phi) is 7.44. The predicted molar refractivity (Wildman–Crippen MR) is 116 cm³/mol. The summed E-state index contributed by atoms with van der Waals surface area (Å²) in [5, 5.41) is 7.32. The van der Waals surface area contributed by atoms with Crippen LogP contribution in [0.3, 0.4) is 0 Å². The van der Waals surface area contributed by atoms with Crippen LogP contribution in [-0.2, 0) is 9.53 Å². The minimum atomic E-state index is -0.399. The quantitative estimate of drug-likeness (QED) is 0.687. The van der Waals surface area contributed by atoms with Gasteiger partial charge < -0.3 is 15.0 Å². The number of amides is 2. The molecule has 1 saturated heterocycles. The number of ether oxygens (including phenoxy) is 1. The zero-order chi connectivity index (χ0) is 22.4. The molecule has 2 heterocycles. The maximum atomic E-state index is 13.0. The largest absolute Gasteiger partial charge is 0.462 e. The fourth-order valence-corrected chi connectivity index (χ4v) is 3.81. The number of carbonyl (C=O) groups excluding carboxylic acids is 3. The van der Waals surface area contributed by atoms with Crippen LogP contribution >= 0.6 is 0 Å². The first-order valence-corrected chi connectivity index (χ1v) is 10.8. The molecular formula is C23H30N4O4. The molecule has 1 unspecified atom stereocenters. The van der Waals surface area contributed by atoms with Crippen molar-refractivity contribution in [3.05, 3.63) is 47.3 Å². The average molecular weight is 427 g/mol. The van der Waals surface area contributed by atoms with Crippen LogP contribution in [-0.4, -0.2) is 58.2 Å². The Morgan fingerprint density at radius 1 is 1.19 bits per heavy atom. The van der Waals surface area contributed by atoms with Crippen molar-refractivity contribution in [2.45, 2.75) is 52.5 Å². The Bertz CT molecular complexity index is 936. The van der Waals surface area contributed by atoms with Crippen LogP contribution in [0.1, 0.15) is 65.9 Å². The summed E-state index contributed by atoms with van der Waals surface area (Å²) >= 11 is 0. The van der Waals surface area contributed by atoms with Gasteiger partial charge >= 0.3 is 5.97 Å². The van der Waals surface area contributed by atoms with Crippen LogP contribution in [0.25, 0.3) is 5.69 Å². The number of esters is 1. The maximum Gasteiger partial charge on any atom is 0.341 e. The Morgan fingerprint density at radius 3 is 2.61 bits per heavy atom. The molecule has 1 fully saturated rings. The van der Waals surface area contributed by atoms with Crippen LogP contribution in [0.15, 0.2) is 30.5 Å². The van der Waals surface area contributed by atoms with E-state index in [0.717, 1.165) is 24.9 Å². The molecule has 0 bridgehead atoms. The fourth-order valence-electron chi connectivity index (χ4n) is 3.81. The molecule has 0 radical (unpaired) electrons. The summed E-state index contributed by atoms with van der Waals surface area (Å²) in [6, 6.07) is 7.16. The molecule has 2 aromatic rings. The molecule has 1 aliphatic heterocycles. The van der Waals surface area contributed by atoms with Gasteiger partial charge in [0.15, 0.2) is 0 Å². The lowest BCUT2D eigenvalue weighted by atomic mass is 10.0. The van der Waals surface area contributed by atoms with Gasteiger partial charge in [-0.25, -0.2) is 9.48 Å². The second-order valence-corrected chi connectivity index (χ2v) is 7.73. The number of hydrogen-bond acceptors (Lipinski definition) is 5. The van der Waals surface area contributed by atoms with Gasteiger partial charge in [0.2, 0.25) is 5.91 Å². The standard InChI is InChI=1S/C23H30N4O4/c1-4-7-21(28)25-18-8-6-13-26(15-18)22(29)17-9-11-19(12-10-17)27-16(3)20(14-24-27)23(30)31-5-2/h9-12,14,18H,4-8,13,15H2,1-3H3,(H,25,28). The third-order valence-electron chi connectivity index (χ3n) is 5.41. The van der Waals surface area contributed by atoms with E-state index >= 15 is 0 Å². The number of carbonyl (C=O) groups is 3. The van der Waals surface area contributed by atoms with Gasteiger partial charge in [0.05, 0.1) is 24.2 Å². The Labute approximate surface area is 182 Å². The Hall–Kier alpha value is -3.16. The highest BCUT2D eigenvalue weighted by Crippen LogP contribution is 2.18. The van der Waals surface area contributed by atoms with E-state index in [1.54, 1.807) is 35.6 Å². The first-order valence-electron chi connectivity index (χ1n) is 10.8. The van der Waals surface area contributed by atoms with Crippen molar-refractivity contribution < 1.29 is 19.1 Å². The van der Waals surface area contributed by atoms with E-state index in [9.17, 15) is 14.4 Å². The molecule has 0 saturated carbocycles. The molecule has 166 valence electrons. The van der Waals surface area contributed by atoms with Crippen molar-refractivity contribution in [2.75, 3.05) is 19.7 Å². The highest BCUT2D eigenvalue weighted by Gasteiger charge is 2.25. The van der Waals surface area contributed by atoms with Crippen LogP contribution < -0.4 is 5.32 Å². The summed E-state index contributed by atoms with van der Waals surface area (Å²) in [5.74, 6) is -0.406. The molecule has 8 nitrogen and oxygen atoms in total. The lowest BCUT2D eigenvalue weighted by molar-refractivity contribution is -0.122. The number of rotatable bonds is 7. The number of likely N-dealkylation sites (tertiary alicyclic amines) is 1. The lowest BCUT2D eigenvalue weighted by Gasteiger charge is -2.33. The van der Waals surface area contributed by atoms with Crippen LogP contribution in [0.5, 0.6) is 0 Å². The molecule has 1 aliphatic rings. The zero-order valence-corrected chi connectivity index (χ0v) is 18.4. The van der Waals surface area contributed by atoms with Gasteiger partial charge in [-0.2, -0.15) is 5.10 Å². The highest BCUT2D eigenvalue weighted by atomic mass is 16.5. The van der Waals surface area contributed by atoms with E-state index < -0.39 is 5.97 Å². The Balaban J connectivity index is 1.68. The van der Waals surface area contributed by atoms with Crippen LogP contribution in [0.2, 0.25) is 0 Å². The minimum Gasteiger partial charge on any atom is -0.462 e. The molecule has 1 aromatic carbocycles. The van der Waals surface area contributed by atoms with E-state index in [1.165, 1.54) is 6.20 Å². The monoisotopic (exact) mass is 426 g/mol. The molecule has 3 rings (SSSR count). The number of benzene rings is 1. The molecule has 1 N–H and O–H groups in total. The summed E-state index contributed by atoms with van der Waals surface area (Å²) in [6.07, 6.45) is 4.57. The summed E-state index contributed by atoms with van der Waals surface area (Å²) < 4.78 is 6.71. The number of nitrogens with zero attached hydrogens (tertiary/aromatic N) is 3. The lowest BCUT2D eigenvalue weighted by Crippen LogP contribution is -2.49. The van der Waals surface area contributed by atoms with E-state index in [1.807, 2.05) is 19.1 Å². The summed E-state index contributed by atoms with van der Waals surface area (Å²) in [5.41, 5.74) is 2.44. The second kappa shape index (κ2) is 10.2. The first-order chi connectivity index (χ1) is 14.9. The SMILES string of the molecule is CCCC(=O)NC1CCCN(C(=O)c2ccc(-n3ncc(C(=O)OCC)c3C)cc2)C1. The van der Waals surface area contributed by atoms with Crippen molar-refractivity contribution in [3.8, 4) is 5.69 Å². The molecule has 0 spiro atoms. The van der Waals surface area contributed by atoms with Gasteiger partial charge in [0, 0.05) is 31.1 Å². The molecular weight excluding hydrogens is 396 g/mol. The smallest absolute Gasteiger partial charge is 0.341 e. The van der Waals surface area contributed by atoms with E-state index in [4.69, 9.17) is 4.74 Å². The van der Waals surface area contributed by atoms with Crippen LogP contribution in [0.4, 0.5) is 0 Å².